The van der Waals surface area contributed by atoms with Gasteiger partial charge in [-0.15, -0.1) is 0 Å². The van der Waals surface area contributed by atoms with Gasteiger partial charge in [-0.25, -0.2) is 4.79 Å². The molecule has 2 aromatic rings. The summed E-state index contributed by atoms with van der Waals surface area (Å²) in [4.78, 5) is 11.6. The maximum atomic E-state index is 12.4. The van der Waals surface area contributed by atoms with Crippen molar-refractivity contribution in [2.24, 2.45) is 0 Å². The lowest BCUT2D eigenvalue weighted by Crippen LogP contribution is -2.32. The Morgan fingerprint density at radius 2 is 1.67 bits per heavy atom. The molecule has 24 heavy (non-hydrogen) atoms. The van der Waals surface area contributed by atoms with Crippen molar-refractivity contribution in [2.45, 2.75) is 6.18 Å². The standard InChI is InChI=1S/C16H14ClF3N2O2/c17-12-3-7-14(8-4-12)24-10-9-21-15(23)22-13-5-1-11(2-6-13)16(18,19)20/h1-8H,9-10H2,(H2,21,22,23). The molecule has 2 rings (SSSR count). The minimum atomic E-state index is -4.40. The van der Waals surface area contributed by atoms with Gasteiger partial charge in [0.2, 0.25) is 0 Å². The molecule has 0 aliphatic heterocycles. The zero-order chi connectivity index (χ0) is 17.6. The maximum absolute atomic E-state index is 12.4. The number of rotatable bonds is 5. The highest BCUT2D eigenvalue weighted by Crippen LogP contribution is 2.29. The van der Waals surface area contributed by atoms with Crippen LogP contribution in [-0.2, 0) is 6.18 Å². The zero-order valence-electron chi connectivity index (χ0n) is 12.4. The fourth-order valence-electron chi connectivity index (χ4n) is 1.78. The van der Waals surface area contributed by atoms with Crippen LogP contribution in [0.1, 0.15) is 5.56 Å². The summed E-state index contributed by atoms with van der Waals surface area (Å²) in [6.07, 6.45) is -4.40. The molecule has 0 radical (unpaired) electrons. The van der Waals surface area contributed by atoms with Gasteiger partial charge in [0.25, 0.3) is 0 Å². The first kappa shape index (κ1) is 17.9. The Bertz CT molecular complexity index is 673. The Labute approximate surface area is 141 Å². The third kappa shape index (κ3) is 5.66. The number of amides is 2. The van der Waals surface area contributed by atoms with Crippen LogP contribution in [0.3, 0.4) is 0 Å². The van der Waals surface area contributed by atoms with Crippen molar-refractivity contribution in [2.75, 3.05) is 18.5 Å². The van der Waals surface area contributed by atoms with Gasteiger partial charge in [-0.2, -0.15) is 13.2 Å². The second kappa shape index (κ2) is 7.92. The van der Waals surface area contributed by atoms with Crippen LogP contribution in [-0.4, -0.2) is 19.2 Å². The van der Waals surface area contributed by atoms with Gasteiger partial charge >= 0.3 is 12.2 Å². The average molecular weight is 359 g/mol. The Balaban J connectivity index is 1.72. The van der Waals surface area contributed by atoms with Crippen LogP contribution in [0, 0.1) is 0 Å². The van der Waals surface area contributed by atoms with Gasteiger partial charge < -0.3 is 15.4 Å². The predicted octanol–water partition coefficient (Wildman–Crippen LogP) is 4.56. The topological polar surface area (TPSA) is 50.4 Å². The highest BCUT2D eigenvalue weighted by Gasteiger charge is 2.29. The molecule has 4 nitrogen and oxygen atoms in total. The second-order valence-corrected chi connectivity index (χ2v) is 5.19. The number of urea groups is 1. The molecule has 0 spiro atoms. The first-order valence-electron chi connectivity index (χ1n) is 6.95. The molecule has 8 heteroatoms. The third-order valence-corrected chi connectivity index (χ3v) is 3.19. The molecule has 0 saturated carbocycles. The lowest BCUT2D eigenvalue weighted by molar-refractivity contribution is -0.137. The first-order valence-corrected chi connectivity index (χ1v) is 7.33. The summed E-state index contributed by atoms with van der Waals surface area (Å²) >= 11 is 5.74. The molecule has 2 aromatic carbocycles. The van der Waals surface area contributed by atoms with Crippen molar-refractivity contribution in [1.82, 2.24) is 5.32 Å². The lowest BCUT2D eigenvalue weighted by atomic mass is 10.2. The molecule has 0 heterocycles. The van der Waals surface area contributed by atoms with Crippen LogP contribution >= 0.6 is 11.6 Å². The van der Waals surface area contributed by atoms with Crippen molar-refractivity contribution in [1.29, 1.82) is 0 Å². The van der Waals surface area contributed by atoms with Crippen LogP contribution in [0.2, 0.25) is 5.02 Å². The van der Waals surface area contributed by atoms with Gasteiger partial charge in [0, 0.05) is 10.7 Å². The Kier molecular flexibility index (Phi) is 5.92. The van der Waals surface area contributed by atoms with E-state index in [1.165, 1.54) is 12.1 Å². The molecule has 2 amide bonds. The molecule has 0 saturated heterocycles. The molecular weight excluding hydrogens is 345 g/mol. The van der Waals surface area contributed by atoms with E-state index in [4.69, 9.17) is 16.3 Å². The number of carbonyl (C=O) groups excluding carboxylic acids is 1. The Morgan fingerprint density at radius 3 is 2.25 bits per heavy atom. The van der Waals surface area contributed by atoms with E-state index in [2.05, 4.69) is 10.6 Å². The van der Waals surface area contributed by atoms with Crippen LogP contribution in [0.4, 0.5) is 23.7 Å². The number of carbonyl (C=O) groups is 1. The fourth-order valence-corrected chi connectivity index (χ4v) is 1.91. The summed E-state index contributed by atoms with van der Waals surface area (Å²) in [6, 6.07) is 10.4. The highest BCUT2D eigenvalue weighted by molar-refractivity contribution is 6.30. The van der Waals surface area contributed by atoms with Gasteiger partial charge in [-0.05, 0) is 48.5 Å². The van der Waals surface area contributed by atoms with E-state index in [1.807, 2.05) is 0 Å². The van der Waals surface area contributed by atoms with Crippen molar-refractivity contribution in [3.8, 4) is 5.75 Å². The molecule has 0 bridgehead atoms. The van der Waals surface area contributed by atoms with Gasteiger partial charge in [0.05, 0.1) is 12.1 Å². The molecular formula is C16H14ClF3N2O2. The lowest BCUT2D eigenvalue weighted by Gasteiger charge is -2.10. The summed E-state index contributed by atoms with van der Waals surface area (Å²) < 4.78 is 42.7. The van der Waals surface area contributed by atoms with E-state index < -0.39 is 17.8 Å². The Hall–Kier alpha value is -2.41. The third-order valence-electron chi connectivity index (χ3n) is 2.94. The van der Waals surface area contributed by atoms with Crippen molar-refractivity contribution in [3.63, 3.8) is 0 Å². The second-order valence-electron chi connectivity index (χ2n) is 4.76. The molecule has 0 atom stereocenters. The number of hydrogen-bond acceptors (Lipinski definition) is 2. The molecule has 0 aliphatic rings. The molecule has 128 valence electrons. The van der Waals surface area contributed by atoms with E-state index in [9.17, 15) is 18.0 Å². The summed E-state index contributed by atoms with van der Waals surface area (Å²) in [7, 11) is 0. The van der Waals surface area contributed by atoms with Crippen molar-refractivity contribution >= 4 is 23.3 Å². The van der Waals surface area contributed by atoms with Crippen LogP contribution in [0.5, 0.6) is 5.75 Å². The SMILES string of the molecule is O=C(NCCOc1ccc(Cl)cc1)Nc1ccc(C(F)(F)F)cc1. The van der Waals surface area contributed by atoms with E-state index in [-0.39, 0.29) is 18.8 Å². The van der Waals surface area contributed by atoms with E-state index in [0.29, 0.717) is 10.8 Å². The fraction of sp³-hybridized carbons (Fsp3) is 0.188. The number of hydrogen-bond donors (Lipinski definition) is 2. The van der Waals surface area contributed by atoms with Crippen LogP contribution in [0.15, 0.2) is 48.5 Å². The van der Waals surface area contributed by atoms with E-state index in [0.717, 1.165) is 12.1 Å². The van der Waals surface area contributed by atoms with Gasteiger partial charge in [-0.1, -0.05) is 11.6 Å². The van der Waals surface area contributed by atoms with Gasteiger partial charge in [-0.3, -0.25) is 0 Å². The van der Waals surface area contributed by atoms with Crippen LogP contribution in [0.25, 0.3) is 0 Å². The zero-order valence-corrected chi connectivity index (χ0v) is 13.1. The van der Waals surface area contributed by atoms with Gasteiger partial charge in [0.15, 0.2) is 0 Å². The quantitative estimate of drug-likeness (QED) is 0.770. The summed E-state index contributed by atoms with van der Waals surface area (Å²) in [5.74, 6) is 0.615. The van der Waals surface area contributed by atoms with E-state index >= 15 is 0 Å². The predicted molar refractivity (Wildman–Crippen MR) is 85.4 cm³/mol. The Morgan fingerprint density at radius 1 is 1.04 bits per heavy atom. The number of benzene rings is 2. The maximum Gasteiger partial charge on any atom is 0.416 e. The molecule has 2 N–H and O–H groups in total. The molecule has 0 aromatic heterocycles. The molecule has 0 unspecified atom stereocenters. The number of alkyl halides is 3. The number of halogens is 4. The first-order chi connectivity index (χ1) is 11.3. The summed E-state index contributed by atoms with van der Waals surface area (Å²) in [5.41, 5.74) is -0.510. The number of ether oxygens (including phenoxy) is 1. The smallest absolute Gasteiger partial charge is 0.416 e. The molecule has 0 fully saturated rings. The van der Waals surface area contributed by atoms with Crippen molar-refractivity contribution < 1.29 is 22.7 Å². The minimum Gasteiger partial charge on any atom is -0.492 e. The minimum absolute atomic E-state index is 0.231. The van der Waals surface area contributed by atoms with E-state index in [1.54, 1.807) is 24.3 Å². The monoisotopic (exact) mass is 358 g/mol. The van der Waals surface area contributed by atoms with Gasteiger partial charge in [0.1, 0.15) is 12.4 Å². The highest BCUT2D eigenvalue weighted by atomic mass is 35.5. The number of nitrogens with one attached hydrogen (secondary N) is 2. The summed E-state index contributed by atoms with van der Waals surface area (Å²) in [5, 5.41) is 5.56. The van der Waals surface area contributed by atoms with Crippen molar-refractivity contribution in [3.05, 3.63) is 59.1 Å². The largest absolute Gasteiger partial charge is 0.492 e. The average Bonchev–Trinajstić information content (AvgIpc) is 2.53. The van der Waals surface area contributed by atoms with Crippen LogP contribution < -0.4 is 15.4 Å². The molecule has 0 aliphatic carbocycles. The normalized spacial score (nSPS) is 11.0. The number of anilines is 1. The summed E-state index contributed by atoms with van der Waals surface area (Å²) in [6.45, 7) is 0.469.